The van der Waals surface area contributed by atoms with Gasteiger partial charge in [0, 0.05) is 11.6 Å². The minimum atomic E-state index is -4.22. The van der Waals surface area contributed by atoms with Gasteiger partial charge in [-0.3, -0.25) is 9.52 Å². The largest absolute Gasteiger partial charge is 0.465 e. The summed E-state index contributed by atoms with van der Waals surface area (Å²) in [6, 6.07) is 6.03. The molecule has 0 saturated carbocycles. The molecule has 1 N–H and O–H groups in total. The Morgan fingerprint density at radius 1 is 1.04 bits per heavy atom. The lowest BCUT2D eigenvalue weighted by Gasteiger charge is -2.11. The molecule has 9 heteroatoms. The van der Waals surface area contributed by atoms with Crippen LogP contribution in [0.4, 0.5) is 14.5 Å². The highest BCUT2D eigenvalue weighted by Gasteiger charge is 2.21. The highest BCUT2D eigenvalue weighted by atomic mass is 32.2. The number of rotatable bonds is 5. The second-order valence-corrected chi connectivity index (χ2v) is 6.67. The Hall–Kier alpha value is -2.81. The summed E-state index contributed by atoms with van der Waals surface area (Å²) < 4.78 is 58.3. The van der Waals surface area contributed by atoms with E-state index in [1.807, 2.05) is 4.72 Å². The first-order chi connectivity index (χ1) is 11.7. The lowest BCUT2D eigenvalue weighted by Crippen LogP contribution is -2.15. The molecule has 0 amide bonds. The minimum Gasteiger partial charge on any atom is -0.465 e. The van der Waals surface area contributed by atoms with Crippen LogP contribution in [-0.2, 0) is 14.8 Å². The number of Topliss-reactive ketones (excluding diaryl/α,β-unsaturated/α-hetero) is 1. The second-order valence-electron chi connectivity index (χ2n) is 4.99. The van der Waals surface area contributed by atoms with Gasteiger partial charge in [-0.15, -0.1) is 0 Å². The maximum Gasteiger partial charge on any atom is 0.340 e. The van der Waals surface area contributed by atoms with Gasteiger partial charge < -0.3 is 4.74 Å². The van der Waals surface area contributed by atoms with Gasteiger partial charge in [0.2, 0.25) is 0 Å². The van der Waals surface area contributed by atoms with Crippen molar-refractivity contribution < 1.29 is 31.5 Å². The number of halogens is 2. The fraction of sp³-hybridized carbons (Fsp3) is 0.125. The van der Waals surface area contributed by atoms with Gasteiger partial charge in [0.05, 0.1) is 23.3 Å². The lowest BCUT2D eigenvalue weighted by molar-refractivity contribution is 0.0595. The van der Waals surface area contributed by atoms with Gasteiger partial charge in [-0.05, 0) is 25.1 Å². The highest BCUT2D eigenvalue weighted by Crippen LogP contribution is 2.23. The molecule has 0 fully saturated rings. The van der Waals surface area contributed by atoms with Gasteiger partial charge in [0.15, 0.2) is 5.78 Å². The van der Waals surface area contributed by atoms with E-state index in [4.69, 9.17) is 0 Å². The molecule has 0 aromatic heterocycles. The number of carbonyl (C=O) groups is 2. The third-order valence-corrected chi connectivity index (χ3v) is 4.66. The summed E-state index contributed by atoms with van der Waals surface area (Å²) in [6.45, 7) is 1.32. The van der Waals surface area contributed by atoms with Crippen LogP contribution >= 0.6 is 0 Å². The van der Waals surface area contributed by atoms with E-state index in [-0.39, 0.29) is 10.7 Å². The predicted molar refractivity (Wildman–Crippen MR) is 85.0 cm³/mol. The summed E-state index contributed by atoms with van der Waals surface area (Å²) in [4.78, 5) is 22.4. The topological polar surface area (TPSA) is 89.5 Å². The van der Waals surface area contributed by atoms with Gasteiger partial charge >= 0.3 is 5.97 Å². The SMILES string of the molecule is COC(=O)c1cc(NS(=O)(=O)c2ccc(C(C)=O)cc2)c(F)cc1F. The van der Waals surface area contributed by atoms with Crippen molar-refractivity contribution in [2.24, 2.45) is 0 Å². The molecule has 2 aromatic rings. The third-order valence-electron chi connectivity index (χ3n) is 3.28. The van der Waals surface area contributed by atoms with Crippen LogP contribution < -0.4 is 4.72 Å². The summed E-state index contributed by atoms with van der Waals surface area (Å²) in [5.41, 5.74) is -0.925. The number of methoxy groups -OCH3 is 1. The molecule has 0 aliphatic heterocycles. The average molecular weight is 369 g/mol. The molecule has 132 valence electrons. The molecule has 0 aliphatic carbocycles. The molecule has 2 aromatic carbocycles. The molecule has 25 heavy (non-hydrogen) atoms. The van der Waals surface area contributed by atoms with Crippen LogP contribution in [0.3, 0.4) is 0 Å². The molecule has 2 rings (SSSR count). The van der Waals surface area contributed by atoms with Gasteiger partial charge in [0.25, 0.3) is 10.0 Å². The number of ether oxygens (including phenoxy) is 1. The first kappa shape index (κ1) is 18.5. The van der Waals surface area contributed by atoms with E-state index >= 15 is 0 Å². The van der Waals surface area contributed by atoms with Crippen LogP contribution in [0.2, 0.25) is 0 Å². The van der Waals surface area contributed by atoms with Crippen LogP contribution in [0, 0.1) is 11.6 Å². The number of sulfonamides is 1. The Balaban J connectivity index is 2.40. The molecule has 0 atom stereocenters. The Morgan fingerprint density at radius 2 is 1.64 bits per heavy atom. The number of benzene rings is 2. The van der Waals surface area contributed by atoms with E-state index in [0.29, 0.717) is 17.7 Å². The lowest BCUT2D eigenvalue weighted by atomic mass is 10.2. The van der Waals surface area contributed by atoms with Crippen LogP contribution in [0.15, 0.2) is 41.3 Å². The van der Waals surface area contributed by atoms with E-state index in [0.717, 1.165) is 7.11 Å². The van der Waals surface area contributed by atoms with Crippen molar-refractivity contribution in [1.82, 2.24) is 0 Å². The number of ketones is 1. The van der Waals surface area contributed by atoms with Crippen LogP contribution in [0.25, 0.3) is 0 Å². The normalized spacial score (nSPS) is 11.0. The Kier molecular flexibility index (Phi) is 5.17. The van der Waals surface area contributed by atoms with E-state index < -0.39 is 38.9 Å². The maximum absolute atomic E-state index is 13.9. The standard InChI is InChI=1S/C16H13F2NO5S/c1-9(20)10-3-5-11(6-4-10)25(22,23)19-15-7-12(16(21)24-2)13(17)8-14(15)18/h3-8,19H,1-2H3. The number of hydrogen-bond donors (Lipinski definition) is 1. The van der Waals surface area contributed by atoms with Crippen molar-refractivity contribution in [3.05, 3.63) is 59.2 Å². The van der Waals surface area contributed by atoms with Crippen molar-refractivity contribution in [3.63, 3.8) is 0 Å². The quantitative estimate of drug-likeness (QED) is 0.647. The van der Waals surface area contributed by atoms with Crippen molar-refractivity contribution in [2.75, 3.05) is 11.8 Å². The zero-order valence-corrected chi connectivity index (χ0v) is 14.0. The summed E-state index contributed by atoms with van der Waals surface area (Å²) in [5.74, 6) is -3.71. The summed E-state index contributed by atoms with van der Waals surface area (Å²) in [5, 5.41) is 0. The molecule has 0 spiro atoms. The first-order valence-corrected chi connectivity index (χ1v) is 8.35. The molecule has 0 unspecified atom stereocenters. The number of anilines is 1. The van der Waals surface area contributed by atoms with E-state index in [1.165, 1.54) is 31.2 Å². The molecule has 0 saturated heterocycles. The Bertz CT molecular complexity index is 940. The number of nitrogens with one attached hydrogen (secondary N) is 1. The summed E-state index contributed by atoms with van der Waals surface area (Å²) in [7, 11) is -3.21. The van der Waals surface area contributed by atoms with Gasteiger partial charge in [-0.1, -0.05) is 12.1 Å². The van der Waals surface area contributed by atoms with E-state index in [2.05, 4.69) is 4.74 Å². The molecule has 0 radical (unpaired) electrons. The highest BCUT2D eigenvalue weighted by molar-refractivity contribution is 7.92. The van der Waals surface area contributed by atoms with Crippen molar-refractivity contribution >= 4 is 27.5 Å². The fourth-order valence-electron chi connectivity index (χ4n) is 1.97. The number of esters is 1. The van der Waals surface area contributed by atoms with Crippen molar-refractivity contribution in [3.8, 4) is 0 Å². The van der Waals surface area contributed by atoms with E-state index in [1.54, 1.807) is 0 Å². The van der Waals surface area contributed by atoms with Crippen molar-refractivity contribution in [2.45, 2.75) is 11.8 Å². The van der Waals surface area contributed by atoms with E-state index in [9.17, 15) is 26.8 Å². The molecule has 0 heterocycles. The molecular weight excluding hydrogens is 356 g/mol. The zero-order chi connectivity index (χ0) is 18.8. The Morgan fingerprint density at radius 3 is 2.16 bits per heavy atom. The molecule has 6 nitrogen and oxygen atoms in total. The summed E-state index contributed by atoms with van der Waals surface area (Å²) >= 11 is 0. The zero-order valence-electron chi connectivity index (χ0n) is 13.2. The monoisotopic (exact) mass is 369 g/mol. The van der Waals surface area contributed by atoms with Gasteiger partial charge in [-0.2, -0.15) is 0 Å². The molecule has 0 bridgehead atoms. The fourth-order valence-corrected chi connectivity index (χ4v) is 3.02. The van der Waals surface area contributed by atoms with Gasteiger partial charge in [-0.25, -0.2) is 22.0 Å². The third kappa shape index (κ3) is 4.00. The maximum atomic E-state index is 13.9. The van der Waals surface area contributed by atoms with Gasteiger partial charge in [0.1, 0.15) is 11.6 Å². The summed E-state index contributed by atoms with van der Waals surface area (Å²) in [6.07, 6.45) is 0. The predicted octanol–water partition coefficient (Wildman–Crippen LogP) is 2.75. The van der Waals surface area contributed by atoms with Crippen molar-refractivity contribution in [1.29, 1.82) is 0 Å². The van der Waals surface area contributed by atoms with Crippen LogP contribution in [0.5, 0.6) is 0 Å². The van der Waals surface area contributed by atoms with Crippen LogP contribution in [-0.4, -0.2) is 27.3 Å². The first-order valence-electron chi connectivity index (χ1n) is 6.87. The molecule has 0 aliphatic rings. The van der Waals surface area contributed by atoms with Crippen LogP contribution in [0.1, 0.15) is 27.6 Å². The second kappa shape index (κ2) is 6.98. The minimum absolute atomic E-state index is 0.235. The smallest absolute Gasteiger partial charge is 0.340 e. The average Bonchev–Trinajstić information content (AvgIpc) is 2.56. The number of carbonyl (C=O) groups excluding carboxylic acids is 2. The number of hydrogen-bond acceptors (Lipinski definition) is 5. The molecular formula is C16H13F2NO5S. The Labute approximate surface area is 142 Å².